The molecule has 1 N–H and O–H groups in total. The molecule has 0 fully saturated rings. The Morgan fingerprint density at radius 3 is 2.71 bits per heavy atom. The number of nitrogens with zero attached hydrogens (tertiary/aromatic N) is 1. The number of likely N-dealkylation sites (N-methyl/N-ethyl adjacent to an activating group) is 1. The fourth-order valence-corrected chi connectivity index (χ4v) is 2.39. The van der Waals surface area contributed by atoms with E-state index in [-0.39, 0.29) is 0 Å². The zero-order valence-electron chi connectivity index (χ0n) is 9.50. The van der Waals surface area contributed by atoms with Crippen LogP contribution in [0.5, 0.6) is 0 Å². The summed E-state index contributed by atoms with van der Waals surface area (Å²) in [5.41, 5.74) is 1.14. The van der Waals surface area contributed by atoms with Crippen LogP contribution in [0.3, 0.4) is 0 Å². The smallest absolute Gasteiger partial charge is 0.0943 e. The van der Waals surface area contributed by atoms with Crippen LogP contribution in [0.4, 0.5) is 0 Å². The third kappa shape index (κ3) is 3.07. The van der Waals surface area contributed by atoms with Crippen LogP contribution in [0.25, 0.3) is 0 Å². The van der Waals surface area contributed by atoms with Crippen LogP contribution in [-0.2, 0) is 6.42 Å². The summed E-state index contributed by atoms with van der Waals surface area (Å²) in [6, 6.07) is 0.561. The third-order valence-corrected chi connectivity index (χ3v) is 3.75. The predicted molar refractivity (Wildman–Crippen MR) is 62.9 cm³/mol. The lowest BCUT2D eigenvalue weighted by molar-refractivity contribution is 0.386. The molecule has 1 aromatic rings. The third-order valence-electron chi connectivity index (χ3n) is 2.76. The molecule has 80 valence electrons. The van der Waals surface area contributed by atoms with Crippen molar-refractivity contribution < 1.29 is 0 Å². The molecule has 3 heteroatoms. The molecular formula is C11H20N2S. The van der Waals surface area contributed by atoms with Gasteiger partial charge in [-0.2, -0.15) is 0 Å². The fraction of sp³-hybridized carbons (Fsp3) is 0.727. The standard InChI is InChI=1S/C11H20N2S/c1-5-8(2)10(12-4)6-11-13-9(3)7-14-11/h7-8,10,12H,5-6H2,1-4H3. The molecule has 0 saturated carbocycles. The van der Waals surface area contributed by atoms with E-state index in [1.807, 2.05) is 7.05 Å². The maximum atomic E-state index is 4.49. The maximum Gasteiger partial charge on any atom is 0.0943 e. The van der Waals surface area contributed by atoms with Crippen molar-refractivity contribution in [3.63, 3.8) is 0 Å². The van der Waals surface area contributed by atoms with E-state index in [0.29, 0.717) is 12.0 Å². The summed E-state index contributed by atoms with van der Waals surface area (Å²) in [7, 11) is 2.04. The van der Waals surface area contributed by atoms with Crippen molar-refractivity contribution in [2.75, 3.05) is 7.05 Å². The zero-order valence-corrected chi connectivity index (χ0v) is 10.3. The Morgan fingerprint density at radius 2 is 2.29 bits per heavy atom. The quantitative estimate of drug-likeness (QED) is 0.811. The van der Waals surface area contributed by atoms with Gasteiger partial charge in [0.2, 0.25) is 0 Å². The molecule has 14 heavy (non-hydrogen) atoms. The lowest BCUT2D eigenvalue weighted by Gasteiger charge is -2.21. The Hall–Kier alpha value is -0.410. The number of aromatic nitrogens is 1. The topological polar surface area (TPSA) is 24.9 Å². The van der Waals surface area contributed by atoms with Gasteiger partial charge in [-0.25, -0.2) is 4.98 Å². The molecule has 1 aromatic heterocycles. The number of hydrogen-bond donors (Lipinski definition) is 1. The van der Waals surface area contributed by atoms with E-state index in [1.165, 1.54) is 11.4 Å². The van der Waals surface area contributed by atoms with Crippen molar-refractivity contribution in [3.8, 4) is 0 Å². The Bertz CT molecular complexity index is 270. The normalized spacial score (nSPS) is 15.4. The summed E-state index contributed by atoms with van der Waals surface area (Å²) in [6.45, 7) is 6.58. The van der Waals surface area contributed by atoms with Gasteiger partial charge in [0.15, 0.2) is 0 Å². The largest absolute Gasteiger partial charge is 0.316 e. The molecule has 2 atom stereocenters. The van der Waals surface area contributed by atoms with Crippen molar-refractivity contribution in [1.29, 1.82) is 0 Å². The number of nitrogens with one attached hydrogen (secondary N) is 1. The Labute approximate surface area is 90.8 Å². The van der Waals surface area contributed by atoms with Crippen molar-refractivity contribution >= 4 is 11.3 Å². The zero-order chi connectivity index (χ0) is 10.6. The first-order valence-corrected chi connectivity index (χ1v) is 6.13. The molecule has 0 radical (unpaired) electrons. The lowest BCUT2D eigenvalue weighted by atomic mass is 9.97. The van der Waals surface area contributed by atoms with E-state index in [0.717, 1.165) is 12.1 Å². The van der Waals surface area contributed by atoms with E-state index < -0.39 is 0 Å². The molecule has 0 aliphatic carbocycles. The second-order valence-electron chi connectivity index (χ2n) is 3.87. The minimum atomic E-state index is 0.561. The second kappa shape index (κ2) is 5.47. The van der Waals surface area contributed by atoms with Gasteiger partial charge < -0.3 is 5.32 Å². The van der Waals surface area contributed by atoms with Crippen molar-refractivity contribution in [2.45, 2.75) is 39.7 Å². The van der Waals surface area contributed by atoms with E-state index in [9.17, 15) is 0 Å². The van der Waals surface area contributed by atoms with E-state index in [4.69, 9.17) is 0 Å². The second-order valence-corrected chi connectivity index (χ2v) is 4.81. The first kappa shape index (κ1) is 11.7. The summed E-state index contributed by atoms with van der Waals surface area (Å²) < 4.78 is 0. The highest BCUT2D eigenvalue weighted by atomic mass is 32.1. The van der Waals surface area contributed by atoms with Crippen molar-refractivity contribution in [2.24, 2.45) is 5.92 Å². The van der Waals surface area contributed by atoms with Crippen LogP contribution < -0.4 is 5.32 Å². The summed E-state index contributed by atoms with van der Waals surface area (Å²) >= 11 is 1.77. The molecular weight excluding hydrogens is 192 g/mol. The summed E-state index contributed by atoms with van der Waals surface area (Å²) in [5.74, 6) is 0.712. The van der Waals surface area contributed by atoms with E-state index >= 15 is 0 Å². The van der Waals surface area contributed by atoms with Gasteiger partial charge in [0.25, 0.3) is 0 Å². The highest BCUT2D eigenvalue weighted by Crippen LogP contribution is 2.16. The molecule has 0 aromatic carbocycles. The molecule has 2 unspecified atom stereocenters. The molecule has 1 heterocycles. The average Bonchev–Trinajstić information content (AvgIpc) is 2.59. The number of rotatable bonds is 5. The molecule has 0 saturated heterocycles. The maximum absolute atomic E-state index is 4.49. The van der Waals surface area contributed by atoms with E-state index in [2.05, 4.69) is 36.5 Å². The molecule has 2 nitrogen and oxygen atoms in total. The van der Waals surface area contributed by atoms with Crippen molar-refractivity contribution in [3.05, 3.63) is 16.1 Å². The SMILES string of the molecule is CCC(C)C(Cc1nc(C)cs1)NC. The summed E-state index contributed by atoms with van der Waals surface area (Å²) in [4.78, 5) is 4.49. The van der Waals surface area contributed by atoms with Gasteiger partial charge in [0.05, 0.1) is 5.01 Å². The van der Waals surface area contributed by atoms with Crippen LogP contribution in [0.2, 0.25) is 0 Å². The lowest BCUT2D eigenvalue weighted by Crippen LogP contribution is -2.33. The first-order valence-electron chi connectivity index (χ1n) is 5.25. The molecule has 0 aliphatic rings. The Balaban J connectivity index is 2.56. The minimum absolute atomic E-state index is 0.561. The van der Waals surface area contributed by atoms with Gasteiger partial charge >= 0.3 is 0 Å². The fourth-order valence-electron chi connectivity index (χ4n) is 1.56. The molecule has 1 rings (SSSR count). The number of thiazole rings is 1. The molecule has 0 bridgehead atoms. The van der Waals surface area contributed by atoms with Gasteiger partial charge in [-0.3, -0.25) is 0 Å². The van der Waals surface area contributed by atoms with Crippen LogP contribution in [0.15, 0.2) is 5.38 Å². The van der Waals surface area contributed by atoms with Crippen molar-refractivity contribution in [1.82, 2.24) is 10.3 Å². The summed E-state index contributed by atoms with van der Waals surface area (Å²) in [6.07, 6.45) is 2.28. The number of aryl methyl sites for hydroxylation is 1. The Morgan fingerprint density at radius 1 is 1.57 bits per heavy atom. The van der Waals surface area contributed by atoms with Gasteiger partial charge in [0, 0.05) is 23.5 Å². The molecule has 0 aliphatic heterocycles. The molecule has 0 amide bonds. The van der Waals surface area contributed by atoms with Gasteiger partial charge in [-0.1, -0.05) is 20.3 Å². The minimum Gasteiger partial charge on any atom is -0.316 e. The Kier molecular flexibility index (Phi) is 4.55. The average molecular weight is 212 g/mol. The first-order chi connectivity index (χ1) is 6.67. The highest BCUT2D eigenvalue weighted by Gasteiger charge is 2.15. The number of hydrogen-bond acceptors (Lipinski definition) is 3. The van der Waals surface area contributed by atoms with Crippen LogP contribution >= 0.6 is 11.3 Å². The van der Waals surface area contributed by atoms with Gasteiger partial charge in [0.1, 0.15) is 0 Å². The van der Waals surface area contributed by atoms with Crippen LogP contribution in [-0.4, -0.2) is 18.1 Å². The summed E-state index contributed by atoms with van der Waals surface area (Å²) in [5, 5.41) is 6.75. The monoisotopic (exact) mass is 212 g/mol. The van der Waals surface area contributed by atoms with Crippen LogP contribution in [0, 0.1) is 12.8 Å². The van der Waals surface area contributed by atoms with Crippen LogP contribution in [0.1, 0.15) is 31.0 Å². The van der Waals surface area contributed by atoms with E-state index in [1.54, 1.807) is 11.3 Å². The predicted octanol–water partition coefficient (Wildman–Crippen LogP) is 2.63. The van der Waals surface area contributed by atoms with Gasteiger partial charge in [-0.15, -0.1) is 11.3 Å². The highest BCUT2D eigenvalue weighted by molar-refractivity contribution is 7.09. The molecule has 0 spiro atoms. The van der Waals surface area contributed by atoms with Gasteiger partial charge in [-0.05, 0) is 19.9 Å².